The first kappa shape index (κ1) is 46.2. The van der Waals surface area contributed by atoms with Gasteiger partial charge < -0.3 is 79.5 Å². The predicted molar refractivity (Wildman–Crippen MR) is 216 cm³/mol. The van der Waals surface area contributed by atoms with Crippen LogP contribution in [0.4, 0.5) is 0 Å². The van der Waals surface area contributed by atoms with E-state index >= 15 is 0 Å². The van der Waals surface area contributed by atoms with E-state index in [4.69, 9.17) is 28.4 Å². The van der Waals surface area contributed by atoms with Gasteiger partial charge in [-0.25, -0.2) is 0 Å². The zero-order valence-electron chi connectivity index (χ0n) is 36.7. The molecule has 8 fully saturated rings. The highest BCUT2D eigenvalue weighted by Crippen LogP contribution is 2.70. The molecule has 17 heteroatoms. The molecule has 17 nitrogen and oxygen atoms in total. The smallest absolute Gasteiger partial charge is 0.187 e. The minimum absolute atomic E-state index is 0.0408. The van der Waals surface area contributed by atoms with E-state index in [-0.39, 0.29) is 23.0 Å². The van der Waals surface area contributed by atoms with E-state index < -0.39 is 111 Å². The number of fused-ring (bicyclic) bond motifs is 9. The Morgan fingerprint density at radius 3 is 2.05 bits per heavy atom. The quantitative estimate of drug-likeness (QED) is 0.133. The fourth-order valence-electron chi connectivity index (χ4n) is 14.9. The summed E-state index contributed by atoms with van der Waals surface area (Å²) in [6.07, 6.45) is -13.8. The molecule has 9 aliphatic rings. The number of nitrogens with zero attached hydrogens (tertiary/aromatic N) is 1. The van der Waals surface area contributed by atoms with E-state index in [1.165, 1.54) is 25.3 Å². The first-order chi connectivity index (χ1) is 29.4. The summed E-state index contributed by atoms with van der Waals surface area (Å²) in [5.41, 5.74) is 1.52. The van der Waals surface area contributed by atoms with Crippen LogP contribution < -0.4 is 0 Å². The van der Waals surface area contributed by atoms with Gasteiger partial charge in [0.2, 0.25) is 0 Å². The van der Waals surface area contributed by atoms with E-state index in [2.05, 4.69) is 38.7 Å². The van der Waals surface area contributed by atoms with Crippen LogP contribution in [-0.4, -0.2) is 192 Å². The third-order valence-corrected chi connectivity index (χ3v) is 18.0. The van der Waals surface area contributed by atoms with Crippen LogP contribution in [0.5, 0.6) is 0 Å². The summed E-state index contributed by atoms with van der Waals surface area (Å²) >= 11 is 0. The molecule has 4 aliphatic carbocycles. The topological polar surface area (TPSA) is 261 Å². The Bertz CT molecular complexity index is 1620. The summed E-state index contributed by atoms with van der Waals surface area (Å²) in [4.78, 5) is 2.71. The number of hydrogen-bond acceptors (Lipinski definition) is 17. The Hall–Kier alpha value is -0.940. The third kappa shape index (κ3) is 7.40. The van der Waals surface area contributed by atoms with Crippen LogP contribution in [0.25, 0.3) is 0 Å². The van der Waals surface area contributed by atoms with Crippen molar-refractivity contribution in [3.63, 3.8) is 0 Å². The van der Waals surface area contributed by atoms with Gasteiger partial charge in [-0.3, -0.25) is 4.90 Å². The van der Waals surface area contributed by atoms with Crippen molar-refractivity contribution < 1.29 is 79.5 Å². The molecule has 5 heterocycles. The Morgan fingerprint density at radius 2 is 1.34 bits per heavy atom. The number of hydrogen-bond donors (Lipinski definition) is 10. The van der Waals surface area contributed by atoms with Crippen LogP contribution in [0.3, 0.4) is 0 Å². The van der Waals surface area contributed by atoms with Crippen molar-refractivity contribution in [2.24, 2.45) is 46.3 Å². The summed E-state index contributed by atoms with van der Waals surface area (Å²) in [6, 6.07) is 0.773. The van der Waals surface area contributed by atoms with Gasteiger partial charge in [0.1, 0.15) is 67.1 Å². The predicted octanol–water partition coefficient (Wildman–Crippen LogP) is -0.874. The molecule has 0 aromatic rings. The Kier molecular flexibility index (Phi) is 12.9. The molecule has 0 bridgehead atoms. The lowest BCUT2D eigenvalue weighted by atomic mass is 9.47. The second-order valence-electron chi connectivity index (χ2n) is 21.4. The molecule has 0 radical (unpaired) electrons. The summed E-state index contributed by atoms with van der Waals surface area (Å²) in [5.74, 6) is 3.21. The molecular weight excluding hydrogens is 810 g/mol. The van der Waals surface area contributed by atoms with Crippen molar-refractivity contribution in [1.82, 2.24) is 4.90 Å². The van der Waals surface area contributed by atoms with Gasteiger partial charge in [-0.1, -0.05) is 39.3 Å². The molecule has 0 aromatic carbocycles. The zero-order valence-corrected chi connectivity index (χ0v) is 36.7. The molecule has 5 saturated heterocycles. The van der Waals surface area contributed by atoms with Crippen LogP contribution in [0.2, 0.25) is 0 Å². The van der Waals surface area contributed by atoms with Crippen LogP contribution in [-0.2, 0) is 28.4 Å². The molecule has 0 amide bonds. The number of aliphatic hydroxyl groups excluding tert-OH is 10. The second-order valence-corrected chi connectivity index (χ2v) is 21.4. The SMILES string of the molecule is C[C@H]1C[C@H](O)[C@@H]2[C@@H](C)[C@H]3[C@H](C[C@H]4[C@@H]5CC=C6C[C@@H](O[C@@H]7O[C@H](CO)[C@H](O)[C@H](O[C@@H]8O[C@H](CO)[C@@H](O)[C@H](O)[C@H]8O)[C@H]7O[C@@H]7O[C@@H](C)[C@H](O)[C@@H](O)[C@H]7O)CC[C@]6(C)[C@H]5CC[C@]34C)N2C1. The van der Waals surface area contributed by atoms with Crippen molar-refractivity contribution >= 4 is 0 Å². The zero-order chi connectivity index (χ0) is 44.3. The van der Waals surface area contributed by atoms with Crippen LogP contribution in [0.1, 0.15) is 86.0 Å². The van der Waals surface area contributed by atoms with E-state index in [9.17, 15) is 51.1 Å². The number of allylic oxidation sites excluding steroid dienone is 1. The molecule has 0 unspecified atom stereocenters. The Labute approximate surface area is 363 Å². The standard InChI is InChI=1S/C45H73NO16/c1-18-12-27(49)31-19(2)30-26(46(31)15-18)14-25-23-7-6-21-13-22(8-10-44(21,4)24(23)9-11-45(25,30)5)58-43-40(62-41-37(55)35(53)32(50)20(3)57-41)39(34(52)29(17-48)60-43)61-42-38(56)36(54)33(51)28(16-47)59-42/h6,18-20,22-43,47-56H,7-17H2,1-5H3/t18-,19-,20-,22-,23+,24-,25-,26-,27-,28+,29+,30-,31-,32-,33+,34-,35+,36-,37+,38+,39-,40+,41-,42-,43+,44-,45-/m0/s1. The summed E-state index contributed by atoms with van der Waals surface area (Å²) in [7, 11) is 0. The largest absolute Gasteiger partial charge is 0.394 e. The van der Waals surface area contributed by atoms with Crippen molar-refractivity contribution in [1.29, 1.82) is 0 Å². The van der Waals surface area contributed by atoms with Gasteiger partial charge >= 0.3 is 0 Å². The average Bonchev–Trinajstić information content (AvgIpc) is 3.72. The average molecular weight is 884 g/mol. The van der Waals surface area contributed by atoms with Crippen LogP contribution in [0.15, 0.2) is 11.6 Å². The van der Waals surface area contributed by atoms with Gasteiger partial charge in [0.25, 0.3) is 0 Å². The summed E-state index contributed by atoms with van der Waals surface area (Å²) < 4.78 is 36.8. The summed E-state index contributed by atoms with van der Waals surface area (Å²) in [5, 5.41) is 107. The molecule has 62 heavy (non-hydrogen) atoms. The number of piperidine rings is 1. The van der Waals surface area contributed by atoms with Crippen molar-refractivity contribution in [3.05, 3.63) is 11.6 Å². The van der Waals surface area contributed by atoms with Gasteiger partial charge in [-0.2, -0.15) is 0 Å². The number of aliphatic hydroxyl groups is 10. The second kappa shape index (κ2) is 17.3. The number of ether oxygens (including phenoxy) is 6. The minimum Gasteiger partial charge on any atom is -0.394 e. The first-order valence-electron chi connectivity index (χ1n) is 23.5. The third-order valence-electron chi connectivity index (χ3n) is 18.0. The van der Waals surface area contributed by atoms with E-state index in [0.29, 0.717) is 54.4 Å². The van der Waals surface area contributed by atoms with Crippen LogP contribution >= 0.6 is 0 Å². The van der Waals surface area contributed by atoms with Crippen molar-refractivity contribution in [3.8, 4) is 0 Å². The monoisotopic (exact) mass is 883 g/mol. The minimum atomic E-state index is -1.84. The lowest BCUT2D eigenvalue weighted by Crippen LogP contribution is -2.67. The Balaban J connectivity index is 0.952. The highest BCUT2D eigenvalue weighted by molar-refractivity contribution is 5.27. The molecule has 27 atom stereocenters. The highest BCUT2D eigenvalue weighted by Gasteiger charge is 2.67. The van der Waals surface area contributed by atoms with E-state index in [1.807, 2.05) is 0 Å². The Morgan fingerprint density at radius 1 is 0.694 bits per heavy atom. The maximum Gasteiger partial charge on any atom is 0.187 e. The molecule has 3 saturated carbocycles. The van der Waals surface area contributed by atoms with Gasteiger partial charge in [-0.05, 0) is 105 Å². The normalized spacial score (nSPS) is 57.8. The van der Waals surface area contributed by atoms with E-state index in [1.54, 1.807) is 0 Å². The maximum absolute atomic E-state index is 11.6. The van der Waals surface area contributed by atoms with Gasteiger partial charge in [-0.15, -0.1) is 0 Å². The fourth-order valence-corrected chi connectivity index (χ4v) is 14.9. The van der Waals surface area contributed by atoms with Crippen molar-refractivity contribution in [2.75, 3.05) is 19.8 Å². The number of rotatable bonds is 8. The highest BCUT2D eigenvalue weighted by atomic mass is 16.8. The summed E-state index contributed by atoms with van der Waals surface area (Å²) in [6.45, 7) is 10.8. The van der Waals surface area contributed by atoms with Gasteiger partial charge in [0, 0.05) is 18.6 Å². The molecule has 354 valence electrons. The fraction of sp³-hybridized carbons (Fsp3) is 0.956. The lowest BCUT2D eigenvalue weighted by molar-refractivity contribution is -0.394. The molecule has 5 aliphatic heterocycles. The molecule has 10 N–H and O–H groups in total. The molecule has 0 spiro atoms. The molecule has 0 aromatic heterocycles. The first-order valence-corrected chi connectivity index (χ1v) is 23.5. The van der Waals surface area contributed by atoms with Crippen molar-refractivity contribution in [2.45, 2.75) is 202 Å². The molecular formula is C45H73NO16. The lowest BCUT2D eigenvalue weighted by Gasteiger charge is -2.58. The van der Waals surface area contributed by atoms with E-state index in [0.717, 1.165) is 32.2 Å². The molecule has 9 rings (SSSR count). The van der Waals surface area contributed by atoms with Gasteiger partial charge in [0.05, 0.1) is 31.5 Å². The maximum atomic E-state index is 11.6. The van der Waals surface area contributed by atoms with Crippen LogP contribution in [0, 0.1) is 46.3 Å². The van der Waals surface area contributed by atoms with Gasteiger partial charge in [0.15, 0.2) is 18.9 Å².